The minimum absolute atomic E-state index is 0.0697. The number of nitrogens with one attached hydrogen (secondary N) is 1. The highest BCUT2D eigenvalue weighted by atomic mass is 32.2. The summed E-state index contributed by atoms with van der Waals surface area (Å²) in [5.41, 5.74) is 0.0697. The molecular weight excluding hydrogens is 328 g/mol. The molecule has 1 aromatic rings. The van der Waals surface area contributed by atoms with Crippen molar-refractivity contribution in [2.75, 3.05) is 13.1 Å². The zero-order valence-corrected chi connectivity index (χ0v) is 13.4. The van der Waals surface area contributed by atoms with Crippen LogP contribution in [0, 0.1) is 17.6 Å². The molecule has 23 heavy (non-hydrogen) atoms. The van der Waals surface area contributed by atoms with Gasteiger partial charge in [0.1, 0.15) is 11.6 Å². The largest absolute Gasteiger partial charge is 0.349 e. The maximum atomic E-state index is 13.7. The summed E-state index contributed by atoms with van der Waals surface area (Å²) in [5.74, 6) is -1.87. The normalized spacial score (nSPS) is 18.6. The van der Waals surface area contributed by atoms with Crippen molar-refractivity contribution in [2.24, 2.45) is 11.1 Å². The molecule has 1 saturated heterocycles. The Morgan fingerprint density at radius 2 is 1.96 bits per heavy atom. The molecule has 1 amide bonds. The molecule has 6 nitrogen and oxygen atoms in total. The minimum atomic E-state index is -3.74. The van der Waals surface area contributed by atoms with Crippen LogP contribution in [0.25, 0.3) is 0 Å². The highest BCUT2D eigenvalue weighted by Gasteiger charge is 2.30. The van der Waals surface area contributed by atoms with E-state index < -0.39 is 27.9 Å². The number of hydrogen-bond donors (Lipinski definition) is 2. The summed E-state index contributed by atoms with van der Waals surface area (Å²) in [6.45, 7) is 1.90. The summed E-state index contributed by atoms with van der Waals surface area (Å²) in [4.78, 5) is 12.2. The molecule has 0 unspecified atom stereocenters. The predicted octanol–water partition coefficient (Wildman–Crippen LogP) is 1.06. The van der Waals surface area contributed by atoms with Gasteiger partial charge in [0.2, 0.25) is 5.91 Å². The topological polar surface area (TPSA) is 92.5 Å². The Morgan fingerprint density at radius 3 is 2.52 bits per heavy atom. The van der Waals surface area contributed by atoms with Crippen LogP contribution in [0.5, 0.6) is 0 Å². The third-order valence-electron chi connectivity index (χ3n) is 3.97. The van der Waals surface area contributed by atoms with Crippen LogP contribution in [0.15, 0.2) is 18.2 Å². The number of amides is 1. The molecule has 1 fully saturated rings. The van der Waals surface area contributed by atoms with Gasteiger partial charge in [0.15, 0.2) is 0 Å². The fraction of sp³-hybridized carbons (Fsp3) is 0.500. The Hall–Kier alpha value is -1.58. The van der Waals surface area contributed by atoms with Gasteiger partial charge in [-0.1, -0.05) is 0 Å². The monoisotopic (exact) mass is 347 g/mol. The second-order valence-corrected chi connectivity index (χ2v) is 7.16. The fourth-order valence-corrected chi connectivity index (χ4v) is 3.35. The van der Waals surface area contributed by atoms with Crippen LogP contribution in [0.1, 0.15) is 31.4 Å². The van der Waals surface area contributed by atoms with Gasteiger partial charge in [-0.05, 0) is 38.0 Å². The number of nitrogens with zero attached hydrogens (tertiary/aromatic N) is 1. The number of piperidine rings is 1. The van der Waals surface area contributed by atoms with E-state index >= 15 is 0 Å². The van der Waals surface area contributed by atoms with Crippen LogP contribution in [0.3, 0.4) is 0 Å². The summed E-state index contributed by atoms with van der Waals surface area (Å²) < 4.78 is 50.5. The van der Waals surface area contributed by atoms with Crippen molar-refractivity contribution < 1.29 is 22.0 Å². The summed E-state index contributed by atoms with van der Waals surface area (Å²) in [7, 11) is -3.74. The quantitative estimate of drug-likeness (QED) is 0.853. The molecule has 128 valence electrons. The standard InChI is InChI=1S/C14H19F2N3O3S/c1-9(12-8-11(15)2-3-13(12)16)18-14(20)10-4-6-19(7-5-10)23(17,21)22/h2-3,8-10H,4-7H2,1H3,(H,18,20)(H2,17,21,22)/t9-/m1/s1. The van der Waals surface area contributed by atoms with Crippen LogP contribution < -0.4 is 10.5 Å². The molecule has 0 aliphatic carbocycles. The van der Waals surface area contributed by atoms with E-state index in [-0.39, 0.29) is 30.5 Å². The number of carbonyl (C=O) groups is 1. The van der Waals surface area contributed by atoms with E-state index in [0.29, 0.717) is 12.8 Å². The van der Waals surface area contributed by atoms with E-state index in [9.17, 15) is 22.0 Å². The zero-order valence-electron chi connectivity index (χ0n) is 12.6. The van der Waals surface area contributed by atoms with Crippen molar-refractivity contribution in [2.45, 2.75) is 25.8 Å². The van der Waals surface area contributed by atoms with Crippen molar-refractivity contribution in [3.05, 3.63) is 35.4 Å². The Bertz CT molecular complexity index is 689. The highest BCUT2D eigenvalue weighted by molar-refractivity contribution is 7.86. The second kappa shape index (κ2) is 6.90. The van der Waals surface area contributed by atoms with E-state index in [1.54, 1.807) is 6.92 Å². The summed E-state index contributed by atoms with van der Waals surface area (Å²) in [5, 5.41) is 7.68. The molecule has 0 bridgehead atoms. The number of benzene rings is 1. The molecule has 1 aromatic carbocycles. The smallest absolute Gasteiger partial charge is 0.276 e. The molecule has 1 heterocycles. The zero-order chi connectivity index (χ0) is 17.2. The summed E-state index contributed by atoms with van der Waals surface area (Å²) in [6.07, 6.45) is 0.668. The number of nitrogens with two attached hydrogens (primary N) is 1. The lowest BCUT2D eigenvalue weighted by molar-refractivity contribution is -0.126. The van der Waals surface area contributed by atoms with Gasteiger partial charge >= 0.3 is 0 Å². The Balaban J connectivity index is 1.96. The van der Waals surface area contributed by atoms with Crippen molar-refractivity contribution in [1.29, 1.82) is 0 Å². The third-order valence-corrected chi connectivity index (χ3v) is 5.05. The predicted molar refractivity (Wildman–Crippen MR) is 80.3 cm³/mol. The van der Waals surface area contributed by atoms with Crippen LogP contribution in [-0.2, 0) is 15.0 Å². The molecule has 1 atom stereocenters. The number of halogens is 2. The molecular formula is C14H19F2N3O3S. The van der Waals surface area contributed by atoms with Gasteiger partial charge in [0.05, 0.1) is 6.04 Å². The van der Waals surface area contributed by atoms with Crippen LogP contribution in [0.4, 0.5) is 8.78 Å². The molecule has 9 heteroatoms. The molecule has 3 N–H and O–H groups in total. The summed E-state index contributed by atoms with van der Waals surface area (Å²) in [6, 6.07) is 2.38. The van der Waals surface area contributed by atoms with Crippen LogP contribution in [0.2, 0.25) is 0 Å². The first-order valence-corrected chi connectivity index (χ1v) is 8.72. The van der Waals surface area contributed by atoms with E-state index in [1.807, 2.05) is 0 Å². The first-order chi connectivity index (χ1) is 10.7. The fourth-order valence-electron chi connectivity index (χ4n) is 2.63. The lowest BCUT2D eigenvalue weighted by Gasteiger charge is -2.29. The first-order valence-electron chi connectivity index (χ1n) is 7.21. The van der Waals surface area contributed by atoms with Gasteiger partial charge in [-0.3, -0.25) is 4.79 Å². The number of hydrogen-bond acceptors (Lipinski definition) is 3. The Labute approximate surface area is 133 Å². The average Bonchev–Trinajstić information content (AvgIpc) is 2.48. The van der Waals surface area contributed by atoms with Gasteiger partial charge < -0.3 is 5.32 Å². The molecule has 1 aliphatic heterocycles. The van der Waals surface area contributed by atoms with E-state index in [0.717, 1.165) is 22.5 Å². The Morgan fingerprint density at radius 1 is 1.35 bits per heavy atom. The van der Waals surface area contributed by atoms with Gasteiger partial charge in [-0.15, -0.1) is 0 Å². The molecule has 0 spiro atoms. The SMILES string of the molecule is C[C@@H](NC(=O)C1CCN(S(N)(=O)=O)CC1)c1cc(F)ccc1F. The number of carbonyl (C=O) groups excluding carboxylic acids is 1. The maximum absolute atomic E-state index is 13.7. The third kappa shape index (κ3) is 4.46. The summed E-state index contributed by atoms with van der Waals surface area (Å²) >= 11 is 0. The Kier molecular flexibility index (Phi) is 5.33. The first kappa shape index (κ1) is 17.8. The lowest BCUT2D eigenvalue weighted by Crippen LogP contribution is -2.45. The second-order valence-electron chi connectivity index (χ2n) is 5.61. The van der Waals surface area contributed by atoms with Crippen molar-refractivity contribution in [3.63, 3.8) is 0 Å². The van der Waals surface area contributed by atoms with E-state index in [1.165, 1.54) is 0 Å². The minimum Gasteiger partial charge on any atom is -0.349 e. The van der Waals surface area contributed by atoms with E-state index in [4.69, 9.17) is 5.14 Å². The molecule has 1 aliphatic rings. The van der Waals surface area contributed by atoms with Crippen LogP contribution >= 0.6 is 0 Å². The van der Waals surface area contributed by atoms with Gasteiger partial charge in [0, 0.05) is 24.6 Å². The van der Waals surface area contributed by atoms with Gasteiger partial charge in [-0.2, -0.15) is 12.7 Å². The van der Waals surface area contributed by atoms with Crippen molar-refractivity contribution in [1.82, 2.24) is 9.62 Å². The lowest BCUT2D eigenvalue weighted by atomic mass is 9.96. The van der Waals surface area contributed by atoms with Crippen LogP contribution in [-0.4, -0.2) is 31.7 Å². The number of rotatable bonds is 4. The molecule has 2 rings (SSSR count). The van der Waals surface area contributed by atoms with Crippen molar-refractivity contribution in [3.8, 4) is 0 Å². The average molecular weight is 347 g/mol. The molecule has 0 aromatic heterocycles. The molecule has 0 radical (unpaired) electrons. The van der Waals surface area contributed by atoms with E-state index in [2.05, 4.69) is 5.32 Å². The maximum Gasteiger partial charge on any atom is 0.276 e. The highest BCUT2D eigenvalue weighted by Crippen LogP contribution is 2.22. The van der Waals surface area contributed by atoms with Gasteiger partial charge in [0.25, 0.3) is 10.2 Å². The van der Waals surface area contributed by atoms with Gasteiger partial charge in [-0.25, -0.2) is 13.9 Å². The van der Waals surface area contributed by atoms with Crippen molar-refractivity contribution >= 4 is 16.1 Å². The molecule has 0 saturated carbocycles.